The number of nitrogens with zero attached hydrogens (tertiary/aromatic N) is 4. The standard InChI is InChI=1S/C21H23N5OS/c1-26(2)12-6-9-17(27)24-21-23-16-11-10-15-13-22-20(14-7-4-3-5-8-14)25-18(15)19(16)28-21/h3-5,7-8,13H,6,9-12H2,1-2H3,(H,23,24,27). The van der Waals surface area contributed by atoms with Crippen LogP contribution in [-0.2, 0) is 17.6 Å². The van der Waals surface area contributed by atoms with Crippen LogP contribution in [0.25, 0.3) is 22.0 Å². The van der Waals surface area contributed by atoms with Crippen LogP contribution in [0.4, 0.5) is 5.13 Å². The minimum atomic E-state index is 0.0147. The third kappa shape index (κ3) is 4.10. The van der Waals surface area contributed by atoms with E-state index in [0.29, 0.717) is 11.6 Å². The highest BCUT2D eigenvalue weighted by Crippen LogP contribution is 2.38. The van der Waals surface area contributed by atoms with E-state index in [2.05, 4.69) is 20.2 Å². The van der Waals surface area contributed by atoms with Gasteiger partial charge in [-0.2, -0.15) is 0 Å². The summed E-state index contributed by atoms with van der Waals surface area (Å²) in [6.07, 6.45) is 4.98. The van der Waals surface area contributed by atoms with Crippen molar-refractivity contribution in [1.82, 2.24) is 19.9 Å². The molecule has 0 atom stereocenters. The van der Waals surface area contributed by atoms with E-state index in [9.17, 15) is 4.79 Å². The van der Waals surface area contributed by atoms with Crippen molar-refractivity contribution in [3.8, 4) is 22.0 Å². The minimum Gasteiger partial charge on any atom is -0.309 e. The van der Waals surface area contributed by atoms with Gasteiger partial charge in [-0.25, -0.2) is 15.0 Å². The molecule has 2 heterocycles. The number of carbonyl (C=O) groups is 1. The fraction of sp³-hybridized carbons (Fsp3) is 0.333. The second kappa shape index (κ2) is 8.16. The van der Waals surface area contributed by atoms with Crippen molar-refractivity contribution in [2.45, 2.75) is 25.7 Å². The van der Waals surface area contributed by atoms with Gasteiger partial charge in [-0.1, -0.05) is 41.7 Å². The first-order valence-electron chi connectivity index (χ1n) is 9.46. The number of carbonyl (C=O) groups excluding carboxylic acids is 1. The van der Waals surface area contributed by atoms with Gasteiger partial charge in [-0.3, -0.25) is 4.79 Å². The molecule has 0 spiro atoms. The zero-order chi connectivity index (χ0) is 19.5. The SMILES string of the molecule is CN(C)CCCC(=O)Nc1nc2c(s1)-c1nc(-c3ccccc3)ncc1CC2. The van der Waals surface area contributed by atoms with Gasteiger partial charge >= 0.3 is 0 Å². The lowest BCUT2D eigenvalue weighted by molar-refractivity contribution is -0.116. The van der Waals surface area contributed by atoms with Crippen LogP contribution in [0.2, 0.25) is 0 Å². The van der Waals surface area contributed by atoms with E-state index in [1.54, 1.807) is 0 Å². The number of nitrogens with one attached hydrogen (secondary N) is 1. The zero-order valence-corrected chi connectivity index (χ0v) is 16.9. The normalized spacial score (nSPS) is 12.5. The molecule has 0 aliphatic heterocycles. The number of hydrogen-bond donors (Lipinski definition) is 1. The van der Waals surface area contributed by atoms with Gasteiger partial charge in [0.15, 0.2) is 11.0 Å². The smallest absolute Gasteiger partial charge is 0.226 e. The predicted octanol–water partition coefficient (Wildman–Crippen LogP) is 3.65. The maximum absolute atomic E-state index is 12.2. The molecule has 28 heavy (non-hydrogen) atoms. The number of fused-ring (bicyclic) bond motifs is 3. The monoisotopic (exact) mass is 393 g/mol. The molecule has 1 N–H and O–H groups in total. The van der Waals surface area contributed by atoms with Gasteiger partial charge in [0.1, 0.15) is 0 Å². The van der Waals surface area contributed by atoms with Crippen LogP contribution in [-0.4, -0.2) is 46.4 Å². The first-order chi connectivity index (χ1) is 13.6. The van der Waals surface area contributed by atoms with Crippen molar-refractivity contribution in [1.29, 1.82) is 0 Å². The van der Waals surface area contributed by atoms with Crippen LogP contribution in [0.3, 0.4) is 0 Å². The van der Waals surface area contributed by atoms with Gasteiger partial charge in [0.25, 0.3) is 0 Å². The highest BCUT2D eigenvalue weighted by molar-refractivity contribution is 7.19. The molecule has 0 saturated heterocycles. The second-order valence-electron chi connectivity index (χ2n) is 7.18. The average Bonchev–Trinajstić information content (AvgIpc) is 3.11. The molecule has 144 valence electrons. The summed E-state index contributed by atoms with van der Waals surface area (Å²) in [5, 5.41) is 3.62. The van der Waals surface area contributed by atoms with Crippen LogP contribution in [0.15, 0.2) is 36.5 Å². The van der Waals surface area contributed by atoms with E-state index in [-0.39, 0.29) is 5.91 Å². The lowest BCUT2D eigenvalue weighted by Gasteiger charge is -2.14. The van der Waals surface area contributed by atoms with Crippen molar-refractivity contribution in [3.63, 3.8) is 0 Å². The minimum absolute atomic E-state index is 0.0147. The molecule has 0 fully saturated rings. The fourth-order valence-electron chi connectivity index (χ4n) is 3.26. The van der Waals surface area contributed by atoms with E-state index in [0.717, 1.165) is 59.0 Å². The largest absolute Gasteiger partial charge is 0.309 e. The number of rotatable bonds is 6. The average molecular weight is 394 g/mol. The van der Waals surface area contributed by atoms with Crippen LogP contribution in [0.1, 0.15) is 24.1 Å². The topological polar surface area (TPSA) is 71.0 Å². The first-order valence-corrected chi connectivity index (χ1v) is 10.3. The van der Waals surface area contributed by atoms with Gasteiger partial charge in [0.2, 0.25) is 5.91 Å². The van der Waals surface area contributed by atoms with Gasteiger partial charge in [0.05, 0.1) is 16.3 Å². The molecule has 7 heteroatoms. The van der Waals surface area contributed by atoms with Crippen molar-refractivity contribution in [2.75, 3.05) is 26.0 Å². The molecule has 1 aliphatic rings. The number of aryl methyl sites for hydroxylation is 2. The van der Waals surface area contributed by atoms with Crippen molar-refractivity contribution < 1.29 is 4.79 Å². The summed E-state index contributed by atoms with van der Waals surface area (Å²) in [5.74, 6) is 0.732. The molecule has 6 nitrogen and oxygen atoms in total. The maximum Gasteiger partial charge on any atom is 0.226 e. The Morgan fingerprint density at radius 1 is 1.18 bits per heavy atom. The quantitative estimate of drug-likeness (QED) is 0.692. The first kappa shape index (κ1) is 18.7. The Labute approximate surface area is 168 Å². The summed E-state index contributed by atoms with van der Waals surface area (Å²) < 4.78 is 0. The van der Waals surface area contributed by atoms with Gasteiger partial charge in [-0.15, -0.1) is 0 Å². The molecule has 0 radical (unpaired) electrons. The molecule has 0 saturated carbocycles. The molecular weight excluding hydrogens is 370 g/mol. The Morgan fingerprint density at radius 3 is 2.79 bits per heavy atom. The number of aromatic nitrogens is 3. The summed E-state index contributed by atoms with van der Waals surface area (Å²) >= 11 is 1.51. The maximum atomic E-state index is 12.2. The molecular formula is C21H23N5OS. The number of amides is 1. The van der Waals surface area contributed by atoms with Crippen LogP contribution < -0.4 is 5.32 Å². The summed E-state index contributed by atoms with van der Waals surface area (Å²) in [4.78, 5) is 29.3. The summed E-state index contributed by atoms with van der Waals surface area (Å²) in [6.45, 7) is 0.897. The van der Waals surface area contributed by atoms with Gasteiger partial charge in [-0.05, 0) is 45.5 Å². The Kier molecular flexibility index (Phi) is 5.45. The molecule has 0 unspecified atom stereocenters. The molecule has 1 aromatic carbocycles. The van der Waals surface area contributed by atoms with Gasteiger partial charge in [0, 0.05) is 18.2 Å². The summed E-state index contributed by atoms with van der Waals surface area (Å²) in [6, 6.07) is 9.98. The van der Waals surface area contributed by atoms with E-state index in [4.69, 9.17) is 4.98 Å². The Bertz CT molecular complexity index is 984. The number of benzene rings is 1. The Balaban J connectivity index is 1.55. The van der Waals surface area contributed by atoms with Crippen molar-refractivity contribution in [2.24, 2.45) is 0 Å². The van der Waals surface area contributed by atoms with Crippen molar-refractivity contribution >= 4 is 22.4 Å². The van der Waals surface area contributed by atoms with E-state index < -0.39 is 0 Å². The fourth-order valence-corrected chi connectivity index (χ4v) is 4.32. The van der Waals surface area contributed by atoms with E-state index >= 15 is 0 Å². The second-order valence-corrected chi connectivity index (χ2v) is 8.18. The van der Waals surface area contributed by atoms with Crippen LogP contribution in [0, 0.1) is 0 Å². The molecule has 1 amide bonds. The molecule has 0 bridgehead atoms. The molecule has 2 aromatic heterocycles. The Hall–Kier alpha value is -2.64. The lowest BCUT2D eigenvalue weighted by Crippen LogP contribution is -2.17. The Morgan fingerprint density at radius 2 is 2.00 bits per heavy atom. The van der Waals surface area contributed by atoms with Crippen molar-refractivity contribution in [3.05, 3.63) is 47.8 Å². The number of hydrogen-bond acceptors (Lipinski definition) is 6. The predicted molar refractivity (Wildman–Crippen MR) is 112 cm³/mol. The highest BCUT2D eigenvalue weighted by Gasteiger charge is 2.24. The third-order valence-electron chi connectivity index (χ3n) is 4.70. The highest BCUT2D eigenvalue weighted by atomic mass is 32.1. The number of thiazole rings is 1. The summed E-state index contributed by atoms with van der Waals surface area (Å²) in [7, 11) is 4.02. The van der Waals surface area contributed by atoms with E-state index in [1.165, 1.54) is 11.3 Å². The summed E-state index contributed by atoms with van der Waals surface area (Å²) in [5.41, 5.74) is 4.09. The van der Waals surface area contributed by atoms with Crippen LogP contribution in [0.5, 0.6) is 0 Å². The zero-order valence-electron chi connectivity index (χ0n) is 16.1. The molecule has 1 aliphatic carbocycles. The van der Waals surface area contributed by atoms with Crippen LogP contribution >= 0.6 is 11.3 Å². The molecule has 4 rings (SSSR count). The number of anilines is 1. The third-order valence-corrected chi connectivity index (χ3v) is 5.72. The molecule has 3 aromatic rings. The van der Waals surface area contributed by atoms with Gasteiger partial charge < -0.3 is 10.2 Å². The lowest BCUT2D eigenvalue weighted by atomic mass is 9.99. The van der Waals surface area contributed by atoms with E-state index in [1.807, 2.05) is 50.6 Å².